The molecule has 1 aromatic heterocycles. The first kappa shape index (κ1) is 13.7. The summed E-state index contributed by atoms with van der Waals surface area (Å²) in [6.07, 6.45) is 5.60. The van der Waals surface area contributed by atoms with E-state index in [4.69, 9.17) is 0 Å². The number of hydrogen-bond donors (Lipinski definition) is 0. The molecule has 1 aliphatic rings. The molecule has 21 heavy (non-hydrogen) atoms. The largest absolute Gasteiger partial charge is 0.338 e. The highest BCUT2D eigenvalue weighted by atomic mass is 19.1. The monoisotopic (exact) mass is 288 g/mol. The Morgan fingerprint density at radius 2 is 2.33 bits per heavy atom. The molecule has 1 amide bonds. The molecule has 5 nitrogen and oxygen atoms in total. The van der Waals surface area contributed by atoms with Crippen LogP contribution in [0.5, 0.6) is 0 Å². The molecule has 1 atom stereocenters. The number of carbonyl (C=O) groups is 1. The third-order valence-corrected chi connectivity index (χ3v) is 3.82. The molecule has 1 unspecified atom stereocenters. The highest BCUT2D eigenvalue weighted by molar-refractivity contribution is 5.76. The van der Waals surface area contributed by atoms with Crippen molar-refractivity contribution < 1.29 is 9.18 Å². The number of hydrogen-bond acceptors (Lipinski definition) is 3. The van der Waals surface area contributed by atoms with Crippen molar-refractivity contribution in [3.63, 3.8) is 0 Å². The van der Waals surface area contributed by atoms with Gasteiger partial charge in [0.2, 0.25) is 5.91 Å². The molecular formula is C15H17FN4O. The Balaban J connectivity index is 1.66. The molecule has 1 aromatic carbocycles. The molecule has 6 heteroatoms. The van der Waals surface area contributed by atoms with Crippen molar-refractivity contribution in [3.05, 3.63) is 48.3 Å². The van der Waals surface area contributed by atoms with Gasteiger partial charge in [-0.05, 0) is 37.0 Å². The van der Waals surface area contributed by atoms with E-state index < -0.39 is 0 Å². The number of aromatic nitrogens is 3. The third-order valence-electron chi connectivity index (χ3n) is 3.82. The quantitative estimate of drug-likeness (QED) is 0.859. The summed E-state index contributed by atoms with van der Waals surface area (Å²) in [6, 6.07) is 6.73. The van der Waals surface area contributed by atoms with Gasteiger partial charge in [0.1, 0.15) is 25.0 Å². The molecule has 1 saturated heterocycles. The van der Waals surface area contributed by atoms with Crippen LogP contribution in [0.1, 0.15) is 18.4 Å². The van der Waals surface area contributed by atoms with Gasteiger partial charge in [-0.1, -0.05) is 12.1 Å². The van der Waals surface area contributed by atoms with Gasteiger partial charge < -0.3 is 4.90 Å². The maximum absolute atomic E-state index is 13.2. The van der Waals surface area contributed by atoms with Crippen molar-refractivity contribution in [2.45, 2.75) is 31.8 Å². The standard InChI is InChI=1S/C15H17FN4O/c16-13-4-1-3-12(7-13)8-14-5-2-6-20(14)15(21)9-19-11-17-10-18-19/h1,3-4,7,10-11,14H,2,5-6,8-9H2. The van der Waals surface area contributed by atoms with Crippen LogP contribution >= 0.6 is 0 Å². The second-order valence-electron chi connectivity index (χ2n) is 5.31. The molecular weight excluding hydrogens is 271 g/mol. The van der Waals surface area contributed by atoms with E-state index >= 15 is 0 Å². The van der Waals surface area contributed by atoms with Gasteiger partial charge in [-0.2, -0.15) is 5.10 Å². The zero-order valence-corrected chi connectivity index (χ0v) is 11.7. The van der Waals surface area contributed by atoms with Gasteiger partial charge in [-0.15, -0.1) is 0 Å². The van der Waals surface area contributed by atoms with E-state index in [9.17, 15) is 9.18 Å². The summed E-state index contributed by atoms with van der Waals surface area (Å²) in [5.41, 5.74) is 0.931. The first-order valence-corrected chi connectivity index (χ1v) is 7.09. The fourth-order valence-corrected chi connectivity index (χ4v) is 2.86. The van der Waals surface area contributed by atoms with Crippen LogP contribution < -0.4 is 0 Å². The van der Waals surface area contributed by atoms with Crippen LogP contribution in [0.3, 0.4) is 0 Å². The van der Waals surface area contributed by atoms with E-state index in [1.165, 1.54) is 23.4 Å². The molecule has 110 valence electrons. The van der Waals surface area contributed by atoms with Crippen LogP contribution in [0.25, 0.3) is 0 Å². The molecule has 0 aliphatic carbocycles. The topological polar surface area (TPSA) is 51.0 Å². The normalized spacial score (nSPS) is 18.1. The summed E-state index contributed by atoms with van der Waals surface area (Å²) in [5, 5.41) is 3.96. The summed E-state index contributed by atoms with van der Waals surface area (Å²) in [4.78, 5) is 18.1. The molecule has 0 saturated carbocycles. The van der Waals surface area contributed by atoms with Gasteiger partial charge in [-0.3, -0.25) is 4.79 Å². The van der Waals surface area contributed by atoms with Crippen molar-refractivity contribution in [2.24, 2.45) is 0 Å². The van der Waals surface area contributed by atoms with Crippen LogP contribution in [-0.2, 0) is 17.8 Å². The van der Waals surface area contributed by atoms with Gasteiger partial charge >= 0.3 is 0 Å². The molecule has 0 spiro atoms. The highest BCUT2D eigenvalue weighted by Crippen LogP contribution is 2.22. The molecule has 0 N–H and O–H groups in total. The Morgan fingerprint density at radius 3 is 3.10 bits per heavy atom. The minimum atomic E-state index is -0.231. The van der Waals surface area contributed by atoms with Gasteiger partial charge in [-0.25, -0.2) is 14.1 Å². The Hall–Kier alpha value is -2.24. The van der Waals surface area contributed by atoms with Crippen LogP contribution in [-0.4, -0.2) is 38.2 Å². The second-order valence-corrected chi connectivity index (χ2v) is 5.31. The van der Waals surface area contributed by atoms with Crippen molar-refractivity contribution in [1.29, 1.82) is 0 Å². The number of amides is 1. The molecule has 2 heterocycles. The Kier molecular flexibility index (Phi) is 3.94. The molecule has 3 rings (SSSR count). The van der Waals surface area contributed by atoms with E-state index in [0.717, 1.165) is 24.9 Å². The zero-order valence-electron chi connectivity index (χ0n) is 11.7. The minimum absolute atomic E-state index is 0.0411. The van der Waals surface area contributed by atoms with E-state index in [1.54, 1.807) is 12.1 Å². The molecule has 2 aromatic rings. The number of rotatable bonds is 4. The summed E-state index contributed by atoms with van der Waals surface area (Å²) >= 11 is 0. The lowest BCUT2D eigenvalue weighted by atomic mass is 10.0. The summed E-state index contributed by atoms with van der Waals surface area (Å²) < 4.78 is 14.8. The predicted octanol–water partition coefficient (Wildman–Crippen LogP) is 1.65. The average molecular weight is 288 g/mol. The van der Waals surface area contributed by atoms with E-state index in [2.05, 4.69) is 10.1 Å². The zero-order chi connectivity index (χ0) is 14.7. The summed E-state index contributed by atoms with van der Waals surface area (Å²) in [5.74, 6) is -0.189. The van der Waals surface area contributed by atoms with E-state index in [1.807, 2.05) is 11.0 Å². The summed E-state index contributed by atoms with van der Waals surface area (Å²) in [6.45, 7) is 0.965. The first-order valence-electron chi connectivity index (χ1n) is 7.09. The number of carbonyl (C=O) groups excluding carboxylic acids is 1. The maximum atomic E-state index is 13.2. The molecule has 1 aliphatic heterocycles. The van der Waals surface area contributed by atoms with Crippen molar-refractivity contribution in [3.8, 4) is 0 Å². The second kappa shape index (κ2) is 6.03. The molecule has 0 radical (unpaired) electrons. The van der Waals surface area contributed by atoms with E-state index in [0.29, 0.717) is 6.42 Å². The van der Waals surface area contributed by atoms with Crippen molar-refractivity contribution in [1.82, 2.24) is 19.7 Å². The number of likely N-dealkylation sites (tertiary alicyclic amines) is 1. The third kappa shape index (κ3) is 3.26. The van der Waals surface area contributed by atoms with Gasteiger partial charge in [0, 0.05) is 12.6 Å². The molecule has 1 fully saturated rings. The van der Waals surface area contributed by atoms with Gasteiger partial charge in [0.25, 0.3) is 0 Å². The number of nitrogens with zero attached hydrogens (tertiary/aromatic N) is 4. The Labute approximate surface area is 122 Å². The van der Waals surface area contributed by atoms with Crippen LogP contribution in [0, 0.1) is 5.82 Å². The fraction of sp³-hybridized carbons (Fsp3) is 0.400. The Bertz CT molecular complexity index is 614. The van der Waals surface area contributed by atoms with Crippen molar-refractivity contribution >= 4 is 5.91 Å². The number of benzene rings is 1. The lowest BCUT2D eigenvalue weighted by Gasteiger charge is -2.24. The van der Waals surface area contributed by atoms with Crippen LogP contribution in [0.4, 0.5) is 4.39 Å². The first-order chi connectivity index (χ1) is 10.2. The molecule has 0 bridgehead atoms. The van der Waals surface area contributed by atoms with Crippen molar-refractivity contribution in [2.75, 3.05) is 6.54 Å². The lowest BCUT2D eigenvalue weighted by Crippen LogP contribution is -2.39. The van der Waals surface area contributed by atoms with Gasteiger partial charge in [0.15, 0.2) is 0 Å². The minimum Gasteiger partial charge on any atom is -0.338 e. The Morgan fingerprint density at radius 1 is 1.43 bits per heavy atom. The smallest absolute Gasteiger partial charge is 0.244 e. The van der Waals surface area contributed by atoms with Crippen LogP contribution in [0.2, 0.25) is 0 Å². The predicted molar refractivity (Wildman–Crippen MR) is 74.9 cm³/mol. The average Bonchev–Trinajstić information content (AvgIpc) is 3.10. The highest BCUT2D eigenvalue weighted by Gasteiger charge is 2.28. The number of halogens is 1. The maximum Gasteiger partial charge on any atom is 0.244 e. The lowest BCUT2D eigenvalue weighted by molar-refractivity contribution is -0.132. The van der Waals surface area contributed by atoms with Gasteiger partial charge in [0.05, 0.1) is 0 Å². The SMILES string of the molecule is O=C(Cn1cncn1)N1CCCC1Cc1cccc(F)c1. The van der Waals surface area contributed by atoms with Crippen LogP contribution in [0.15, 0.2) is 36.9 Å². The fourth-order valence-electron chi connectivity index (χ4n) is 2.86. The summed E-state index contributed by atoms with van der Waals surface area (Å²) in [7, 11) is 0. The van der Waals surface area contributed by atoms with E-state index in [-0.39, 0.29) is 24.3 Å².